The number of hydrogen-bond donors (Lipinski definition) is 4. The number of rotatable bonds is 0. The summed E-state index contributed by atoms with van der Waals surface area (Å²) in [5, 5.41) is 0. The molecular formula is H10AlKO5Si. The van der Waals surface area contributed by atoms with Crippen molar-refractivity contribution in [2.45, 2.75) is 0 Å². The second kappa shape index (κ2) is 9.19. The van der Waals surface area contributed by atoms with Gasteiger partial charge in [0.15, 0.2) is 17.4 Å². The molecule has 0 amide bonds. The first-order chi connectivity index (χ1) is 2.00. The largest absolute Gasteiger partial charge is 1.00 e. The van der Waals surface area contributed by atoms with Gasteiger partial charge in [0.1, 0.15) is 0 Å². The fraction of sp³-hybridized carbons (Fsp3) is 0. The molecule has 0 unspecified atom stereocenters. The van der Waals surface area contributed by atoms with Crippen LogP contribution in [0.25, 0.3) is 0 Å². The van der Waals surface area contributed by atoms with Crippen LogP contribution in [0, 0.1) is 0 Å². The zero-order valence-corrected chi connectivity index (χ0v) is 7.91. The SMILES string of the molecule is O.O[Si](O)(O)O.[AlH3].[H-].[K+]. The summed E-state index contributed by atoms with van der Waals surface area (Å²) >= 11 is 0. The van der Waals surface area contributed by atoms with Gasteiger partial charge in [-0.3, -0.25) is 0 Å². The van der Waals surface area contributed by atoms with Gasteiger partial charge in [0, 0.05) is 0 Å². The average molecular weight is 184 g/mol. The van der Waals surface area contributed by atoms with E-state index in [1.165, 1.54) is 0 Å². The van der Waals surface area contributed by atoms with Crippen LogP contribution in [-0.4, -0.2) is 51.1 Å². The molecule has 0 saturated carbocycles. The molecule has 0 aliphatic rings. The average Bonchev–Trinajstić information content (AvgIpc) is 0.722. The molecule has 0 rings (SSSR count). The molecule has 0 saturated heterocycles. The van der Waals surface area contributed by atoms with Gasteiger partial charge in [-0.1, -0.05) is 0 Å². The molecule has 6 N–H and O–H groups in total. The Labute approximate surface area is 102 Å². The molecule has 0 aromatic heterocycles. The van der Waals surface area contributed by atoms with Crippen LogP contribution in [0.1, 0.15) is 1.43 Å². The predicted octanol–water partition coefficient (Wildman–Crippen LogP) is -7.50. The minimum Gasteiger partial charge on any atom is -1.00 e. The van der Waals surface area contributed by atoms with E-state index in [4.69, 9.17) is 19.2 Å². The molecule has 48 valence electrons. The van der Waals surface area contributed by atoms with Crippen molar-refractivity contribution < 1.29 is 77.5 Å². The first-order valence-electron chi connectivity index (χ1n) is 0.894. The predicted molar refractivity (Wildman–Crippen MR) is 29.3 cm³/mol. The third-order valence-corrected chi connectivity index (χ3v) is 0. The van der Waals surface area contributed by atoms with Gasteiger partial charge < -0.3 is 26.1 Å². The monoisotopic (exact) mass is 184 g/mol. The summed E-state index contributed by atoms with van der Waals surface area (Å²) in [5.41, 5.74) is 0. The summed E-state index contributed by atoms with van der Waals surface area (Å²) in [4.78, 5) is 29.3. The second-order valence-corrected chi connectivity index (χ2v) is 1.80. The van der Waals surface area contributed by atoms with Crippen LogP contribution in [0.4, 0.5) is 0 Å². The van der Waals surface area contributed by atoms with Crippen molar-refractivity contribution in [1.82, 2.24) is 0 Å². The van der Waals surface area contributed by atoms with Gasteiger partial charge in [-0.25, -0.2) is 0 Å². The van der Waals surface area contributed by atoms with E-state index in [9.17, 15) is 0 Å². The van der Waals surface area contributed by atoms with E-state index in [0.717, 1.165) is 0 Å². The fourth-order valence-electron chi connectivity index (χ4n) is 0. The molecule has 0 heterocycles. The second-order valence-electron chi connectivity index (χ2n) is 0.600. The summed E-state index contributed by atoms with van der Waals surface area (Å²) in [7, 11) is -4.61. The van der Waals surface area contributed by atoms with Gasteiger partial charge >= 0.3 is 60.4 Å². The Morgan fingerprint density at radius 1 is 1.00 bits per heavy atom. The molecule has 0 bridgehead atoms. The van der Waals surface area contributed by atoms with Crippen molar-refractivity contribution in [2.24, 2.45) is 0 Å². The molecule has 0 aromatic rings. The minimum atomic E-state index is -4.61. The maximum absolute atomic E-state index is 7.33. The first-order valence-corrected chi connectivity index (χ1v) is 2.68. The Bertz CT molecular complexity index is 32.4. The van der Waals surface area contributed by atoms with Crippen LogP contribution in [0.3, 0.4) is 0 Å². The molecule has 8 heavy (non-hydrogen) atoms. The molecule has 0 radical (unpaired) electrons. The summed E-state index contributed by atoms with van der Waals surface area (Å²) in [6.07, 6.45) is 0. The maximum atomic E-state index is 7.33. The van der Waals surface area contributed by atoms with Crippen LogP contribution in [0.15, 0.2) is 0 Å². The zero-order chi connectivity index (χ0) is 4.50. The molecule has 8 heteroatoms. The van der Waals surface area contributed by atoms with Crippen molar-refractivity contribution in [2.75, 3.05) is 0 Å². The third kappa shape index (κ3) is 88.5. The topological polar surface area (TPSA) is 112 Å². The quantitative estimate of drug-likeness (QED) is 0.280. The Kier molecular flexibility index (Phi) is 25.8. The summed E-state index contributed by atoms with van der Waals surface area (Å²) in [6, 6.07) is 0. The van der Waals surface area contributed by atoms with E-state index in [1.807, 2.05) is 0 Å². The molecule has 0 aliphatic heterocycles. The first kappa shape index (κ1) is 22.5. The number of hydrogen-bond acceptors (Lipinski definition) is 4. The summed E-state index contributed by atoms with van der Waals surface area (Å²) in [5.74, 6) is 0. The van der Waals surface area contributed by atoms with E-state index in [1.54, 1.807) is 0 Å². The molecular weight excluding hydrogens is 174 g/mol. The molecule has 0 aliphatic carbocycles. The van der Waals surface area contributed by atoms with Gasteiger partial charge in [-0.05, 0) is 0 Å². The fourth-order valence-corrected chi connectivity index (χ4v) is 0. The van der Waals surface area contributed by atoms with Crippen molar-refractivity contribution in [3.63, 3.8) is 0 Å². The molecule has 0 aromatic carbocycles. The standard InChI is InChI=1S/Al.K.H4O4Si.H2O.4H/c;;1-5(2,3)4;;;;;/h;;1-4H;1H2;;;;/q;+1;;;;;;-1. The molecule has 0 spiro atoms. The van der Waals surface area contributed by atoms with Gasteiger partial charge in [0.05, 0.1) is 0 Å². The third-order valence-electron chi connectivity index (χ3n) is 0. The van der Waals surface area contributed by atoms with Gasteiger partial charge in [-0.2, -0.15) is 0 Å². The van der Waals surface area contributed by atoms with Crippen LogP contribution in [0.5, 0.6) is 0 Å². The van der Waals surface area contributed by atoms with E-state index in [0.29, 0.717) is 0 Å². The normalized spacial score (nSPS) is 7.50. The summed E-state index contributed by atoms with van der Waals surface area (Å²) in [6.45, 7) is 0. The van der Waals surface area contributed by atoms with Crippen molar-refractivity contribution >= 4 is 26.4 Å². The minimum absolute atomic E-state index is 0. The summed E-state index contributed by atoms with van der Waals surface area (Å²) < 4.78 is 0. The van der Waals surface area contributed by atoms with Gasteiger partial charge in [0.2, 0.25) is 0 Å². The van der Waals surface area contributed by atoms with Gasteiger partial charge in [0.25, 0.3) is 0 Å². The maximum Gasteiger partial charge on any atom is 1.00 e. The Morgan fingerprint density at radius 3 is 1.00 bits per heavy atom. The molecule has 0 atom stereocenters. The van der Waals surface area contributed by atoms with Crippen LogP contribution >= 0.6 is 0 Å². The van der Waals surface area contributed by atoms with E-state index < -0.39 is 9.05 Å². The van der Waals surface area contributed by atoms with Crippen LogP contribution in [-0.2, 0) is 0 Å². The zero-order valence-electron chi connectivity index (χ0n) is 4.79. The Balaban J connectivity index is -0.0000000133. The van der Waals surface area contributed by atoms with Crippen LogP contribution < -0.4 is 51.4 Å². The van der Waals surface area contributed by atoms with E-state index in [2.05, 4.69) is 0 Å². The van der Waals surface area contributed by atoms with Crippen molar-refractivity contribution in [1.29, 1.82) is 0 Å². The smallest absolute Gasteiger partial charge is 1.00 e. The molecule has 0 fully saturated rings. The van der Waals surface area contributed by atoms with Gasteiger partial charge in [-0.15, -0.1) is 0 Å². The Morgan fingerprint density at radius 2 is 1.00 bits per heavy atom. The van der Waals surface area contributed by atoms with Crippen molar-refractivity contribution in [3.05, 3.63) is 0 Å². The van der Waals surface area contributed by atoms with Crippen molar-refractivity contribution in [3.8, 4) is 0 Å². The van der Waals surface area contributed by atoms with E-state index >= 15 is 0 Å². The Hall–Kier alpha value is 2.19. The van der Waals surface area contributed by atoms with E-state index in [-0.39, 0.29) is 75.6 Å². The van der Waals surface area contributed by atoms with Crippen LogP contribution in [0.2, 0.25) is 0 Å². The molecule has 5 nitrogen and oxygen atoms in total.